The molecule has 1 aliphatic carbocycles. The van der Waals surface area contributed by atoms with Crippen molar-refractivity contribution < 1.29 is 38.0 Å². The van der Waals surface area contributed by atoms with Gasteiger partial charge in [0.25, 0.3) is 5.91 Å². The van der Waals surface area contributed by atoms with E-state index in [1.165, 1.54) is 16.5 Å². The number of likely N-dealkylation sites (N-methyl/N-ethyl adjacent to an activating group) is 2. The molecule has 418 valence electrons. The second-order valence-electron chi connectivity index (χ2n) is 23.5. The number of halogens is 1. The number of hydrogen-bond donors (Lipinski definition) is 6. The Morgan fingerprint density at radius 2 is 1.22 bits per heavy atom. The first kappa shape index (κ1) is 58.7. The minimum Gasteiger partial charge on any atom is -0.347 e. The topological polar surface area (TPSA) is 201 Å². The van der Waals surface area contributed by atoms with Crippen LogP contribution in [0.3, 0.4) is 0 Å². The van der Waals surface area contributed by atoms with E-state index in [4.69, 9.17) is 0 Å². The Hall–Kier alpha value is -6.98. The zero-order chi connectivity index (χ0) is 56.8. The van der Waals surface area contributed by atoms with Crippen LogP contribution in [0.25, 0.3) is 0 Å². The van der Waals surface area contributed by atoms with E-state index < -0.39 is 88.6 Å². The highest BCUT2D eigenvalue weighted by atomic mass is 19.1. The van der Waals surface area contributed by atoms with Crippen LogP contribution in [0, 0.1) is 16.6 Å². The van der Waals surface area contributed by atoms with E-state index in [9.17, 15) is 28.8 Å². The predicted octanol–water partition coefficient (Wildman–Crippen LogP) is 6.04. The van der Waals surface area contributed by atoms with Gasteiger partial charge in [-0.15, -0.1) is 0 Å². The summed E-state index contributed by atoms with van der Waals surface area (Å²) in [5.41, 5.74) is 3.68. The molecule has 6 N–H and O–H groups in total. The van der Waals surface area contributed by atoms with Gasteiger partial charge < -0.3 is 46.6 Å². The van der Waals surface area contributed by atoms with Gasteiger partial charge in [0.05, 0.1) is 24.2 Å². The van der Waals surface area contributed by atoms with Gasteiger partial charge in [0.15, 0.2) is 0 Å². The maximum atomic E-state index is 15.7. The van der Waals surface area contributed by atoms with Gasteiger partial charge in [-0.3, -0.25) is 33.6 Å². The molecule has 7 rings (SSSR count). The van der Waals surface area contributed by atoms with E-state index in [2.05, 4.69) is 38.0 Å². The monoisotopic (exact) mass is 1070 g/mol. The van der Waals surface area contributed by atoms with E-state index in [0.29, 0.717) is 5.56 Å². The van der Waals surface area contributed by atoms with Crippen LogP contribution in [0.4, 0.5) is 4.39 Å². The molecule has 0 aromatic heterocycles. The number of benzene rings is 4. The van der Waals surface area contributed by atoms with Gasteiger partial charge in [-0.25, -0.2) is 4.39 Å². The van der Waals surface area contributed by atoms with Crippen LogP contribution in [0.2, 0.25) is 0 Å². The van der Waals surface area contributed by atoms with Crippen molar-refractivity contribution >= 4 is 41.4 Å². The first-order chi connectivity index (χ1) is 36.9. The summed E-state index contributed by atoms with van der Waals surface area (Å²) in [6, 6.07) is 21.8. The number of carbonyl (C=O) groups excluding carboxylic acids is 7. The molecule has 3 aliphatic rings. The van der Waals surface area contributed by atoms with Crippen molar-refractivity contribution in [2.75, 3.05) is 20.6 Å². The third-order valence-electron chi connectivity index (χ3n) is 15.9. The predicted molar refractivity (Wildman–Crippen MR) is 298 cm³/mol. The number of nitrogens with one attached hydrogen (secondary N) is 6. The average Bonchev–Trinajstić information content (AvgIpc) is 3.91. The first-order valence-corrected chi connectivity index (χ1v) is 27.4. The lowest BCUT2D eigenvalue weighted by Gasteiger charge is -2.43. The Morgan fingerprint density at radius 1 is 0.667 bits per heavy atom. The number of nitrogens with zero attached hydrogens (tertiary/aromatic N) is 3. The molecule has 17 heteroatoms. The lowest BCUT2D eigenvalue weighted by atomic mass is 9.84. The zero-order valence-corrected chi connectivity index (χ0v) is 47.2. The van der Waals surface area contributed by atoms with E-state index >= 15 is 9.18 Å². The molecular formula is C61H80FN9O7. The molecular weight excluding hydrogens is 990 g/mol. The van der Waals surface area contributed by atoms with Crippen LogP contribution in [0.5, 0.6) is 0 Å². The molecule has 9 atom stereocenters. The smallest absolute Gasteiger partial charge is 0.251 e. The maximum absolute atomic E-state index is 15.7. The van der Waals surface area contributed by atoms with E-state index in [0.717, 1.165) is 36.0 Å². The Bertz CT molecular complexity index is 2850. The molecule has 4 aromatic rings. The fourth-order valence-electron chi connectivity index (χ4n) is 10.8. The molecule has 4 aromatic carbocycles. The summed E-state index contributed by atoms with van der Waals surface area (Å²) in [4.78, 5) is 105. The van der Waals surface area contributed by atoms with Crippen molar-refractivity contribution in [3.05, 3.63) is 142 Å². The van der Waals surface area contributed by atoms with Crippen LogP contribution < -0.4 is 31.9 Å². The average molecular weight is 1070 g/mol. The Balaban J connectivity index is 1.15. The largest absolute Gasteiger partial charge is 0.347 e. The normalized spacial score (nSPS) is 20.2. The molecule has 2 aliphatic heterocycles. The van der Waals surface area contributed by atoms with Crippen molar-refractivity contribution in [2.24, 2.45) is 10.8 Å². The maximum Gasteiger partial charge on any atom is 0.251 e. The molecule has 16 nitrogen and oxygen atoms in total. The number of aryl methyl sites for hydroxylation is 1. The van der Waals surface area contributed by atoms with Gasteiger partial charge >= 0.3 is 0 Å². The van der Waals surface area contributed by atoms with Crippen molar-refractivity contribution in [3.63, 3.8) is 0 Å². The van der Waals surface area contributed by atoms with E-state index in [-0.39, 0.29) is 67.4 Å². The summed E-state index contributed by atoms with van der Waals surface area (Å²) in [7, 11) is 3.32. The van der Waals surface area contributed by atoms with Gasteiger partial charge in [-0.2, -0.15) is 0 Å². The Morgan fingerprint density at radius 3 is 1.81 bits per heavy atom. The molecule has 78 heavy (non-hydrogen) atoms. The van der Waals surface area contributed by atoms with Gasteiger partial charge in [0.1, 0.15) is 30.0 Å². The van der Waals surface area contributed by atoms with E-state index in [1.54, 1.807) is 87.1 Å². The number of hydrogen-bond acceptors (Lipinski definition) is 9. The number of fused-ring (bicyclic) bond motifs is 2. The fraction of sp³-hybridized carbons (Fsp3) is 0.492. The number of rotatable bonds is 17. The molecule has 1 saturated heterocycles. The minimum atomic E-state index is -1.02. The van der Waals surface area contributed by atoms with Crippen molar-refractivity contribution in [2.45, 2.75) is 162 Å². The third-order valence-corrected chi connectivity index (χ3v) is 15.9. The molecule has 0 spiro atoms. The molecule has 1 unspecified atom stereocenters. The second kappa shape index (κ2) is 24.8. The highest BCUT2D eigenvalue weighted by molar-refractivity contribution is 5.97. The van der Waals surface area contributed by atoms with Crippen LogP contribution in [-0.4, -0.2) is 119 Å². The lowest BCUT2D eigenvalue weighted by Crippen LogP contribution is -2.62. The zero-order valence-electron chi connectivity index (χ0n) is 47.2. The molecule has 0 radical (unpaired) electrons. The summed E-state index contributed by atoms with van der Waals surface area (Å²) in [6.07, 6.45) is 2.84. The van der Waals surface area contributed by atoms with E-state index in [1.807, 2.05) is 84.0 Å². The second-order valence-corrected chi connectivity index (χ2v) is 23.5. The SMILES string of the molecule is CN[C@@H](C)C(=O)NC(C(=O)N1Cc2ccccc2C[C@H]1C(=O)N(Cc1ccc(C(=O)N[C@H]2C[C@@H](C(=O)N[C@@H]3CCCc4ccccc43)N(C(=O)[C@@H](NC(=O)[C@H](C)NC)C(C)(C)C)C2)cc1)[C@H](C)c1ccccc1F)C(C)(C)C. The fourth-order valence-corrected chi connectivity index (χ4v) is 10.8. The molecule has 0 saturated carbocycles. The molecule has 1 fully saturated rings. The molecule has 7 amide bonds. The molecule has 0 bridgehead atoms. The third kappa shape index (κ3) is 13.5. The summed E-state index contributed by atoms with van der Waals surface area (Å²) in [6.45, 7) is 16.4. The standard InChI is InChI=1S/C61H80FN9O7/c1-36(63-10)53(72)67-51(60(4,5)6)58(77)70-34-43-21-13-12-20-42(43)31-50(70)57(76)69(38(3)45-23-16-17-25-47(45)62)33-39-27-29-41(30-28-39)55(74)65-44-32-49(56(75)66-48-26-18-22-40-19-14-15-24-46(40)48)71(35-44)59(78)52(61(7,8)9)68-54(73)37(2)64-11/h12-17,19-21,23-25,27-30,36-38,44,48-52,63-64H,18,22,26,31-35H2,1-11H3,(H,65,74)(H,66,75)(H,67,72)(H,68,73)/t36-,37-,38+,44-,48+,49-,50-,51?,52+/m0/s1. The van der Waals surface area contributed by atoms with Gasteiger partial charge in [0.2, 0.25) is 35.4 Å². The summed E-state index contributed by atoms with van der Waals surface area (Å²) < 4.78 is 15.7. The number of likely N-dealkylation sites (tertiary alicyclic amines) is 1. The first-order valence-electron chi connectivity index (χ1n) is 27.4. The minimum absolute atomic E-state index is 0.0140. The van der Waals surface area contributed by atoms with Gasteiger partial charge in [-0.05, 0) is 117 Å². The van der Waals surface area contributed by atoms with Crippen LogP contribution >= 0.6 is 0 Å². The Labute approximate surface area is 459 Å². The summed E-state index contributed by atoms with van der Waals surface area (Å²) in [5.74, 6) is -3.29. The number of carbonyl (C=O) groups is 7. The highest BCUT2D eigenvalue weighted by Gasteiger charge is 2.47. The van der Waals surface area contributed by atoms with Crippen molar-refractivity contribution in [1.29, 1.82) is 0 Å². The van der Waals surface area contributed by atoms with Crippen LogP contribution in [0.1, 0.15) is 137 Å². The van der Waals surface area contributed by atoms with Crippen molar-refractivity contribution in [3.8, 4) is 0 Å². The van der Waals surface area contributed by atoms with Gasteiger partial charge in [0, 0.05) is 43.2 Å². The van der Waals surface area contributed by atoms with Crippen LogP contribution in [0.15, 0.2) is 97.1 Å². The summed E-state index contributed by atoms with van der Waals surface area (Å²) >= 11 is 0. The number of amides is 7. The molecule has 2 heterocycles. The Kier molecular flexibility index (Phi) is 18.6. The summed E-state index contributed by atoms with van der Waals surface area (Å²) in [5, 5.41) is 18.0. The van der Waals surface area contributed by atoms with Gasteiger partial charge in [-0.1, -0.05) is 120 Å². The van der Waals surface area contributed by atoms with Crippen LogP contribution in [-0.2, 0) is 54.7 Å². The highest BCUT2D eigenvalue weighted by Crippen LogP contribution is 2.35. The van der Waals surface area contributed by atoms with Crippen molar-refractivity contribution in [1.82, 2.24) is 46.6 Å². The lowest BCUT2D eigenvalue weighted by molar-refractivity contribution is -0.152. The quantitative estimate of drug-likeness (QED) is 0.0730.